The van der Waals surface area contributed by atoms with Gasteiger partial charge in [-0.15, -0.1) is 0 Å². The number of anilines is 1. The molecule has 0 aromatic carbocycles. The maximum Gasteiger partial charge on any atom is 0.270 e. The fourth-order valence-corrected chi connectivity index (χ4v) is 1.99. The van der Waals surface area contributed by atoms with Gasteiger partial charge in [-0.1, -0.05) is 6.92 Å². The van der Waals surface area contributed by atoms with E-state index < -0.39 is 5.60 Å². The van der Waals surface area contributed by atoms with Gasteiger partial charge in [0.05, 0.1) is 11.3 Å². The first-order valence-electron chi connectivity index (χ1n) is 6.18. The highest BCUT2D eigenvalue weighted by molar-refractivity contribution is 5.93. The van der Waals surface area contributed by atoms with Gasteiger partial charge in [-0.25, -0.2) is 0 Å². The SMILES string of the molecule is CCCn1cc(N)cc1C(=O)N(C)CC(C)(C)O. The highest BCUT2D eigenvalue weighted by Gasteiger charge is 2.22. The highest BCUT2D eigenvalue weighted by Crippen LogP contribution is 2.14. The van der Waals surface area contributed by atoms with Crippen molar-refractivity contribution in [3.63, 3.8) is 0 Å². The number of likely N-dealkylation sites (N-methyl/N-ethyl adjacent to an activating group) is 1. The number of carbonyl (C=O) groups excluding carboxylic acids is 1. The molecular weight excluding hydrogens is 230 g/mol. The summed E-state index contributed by atoms with van der Waals surface area (Å²) in [6.07, 6.45) is 2.71. The molecule has 1 heterocycles. The number of hydrogen-bond donors (Lipinski definition) is 2. The monoisotopic (exact) mass is 253 g/mol. The molecule has 0 aliphatic rings. The van der Waals surface area contributed by atoms with Crippen molar-refractivity contribution in [3.05, 3.63) is 18.0 Å². The van der Waals surface area contributed by atoms with Crippen LogP contribution >= 0.6 is 0 Å². The van der Waals surface area contributed by atoms with Crippen molar-refractivity contribution in [3.8, 4) is 0 Å². The summed E-state index contributed by atoms with van der Waals surface area (Å²) in [4.78, 5) is 13.8. The molecule has 3 N–H and O–H groups in total. The molecule has 18 heavy (non-hydrogen) atoms. The normalized spacial score (nSPS) is 11.6. The molecule has 0 unspecified atom stereocenters. The van der Waals surface area contributed by atoms with E-state index in [9.17, 15) is 9.90 Å². The van der Waals surface area contributed by atoms with Crippen molar-refractivity contribution >= 4 is 11.6 Å². The molecule has 0 atom stereocenters. The lowest BCUT2D eigenvalue weighted by atomic mass is 10.1. The van der Waals surface area contributed by atoms with Crippen molar-refractivity contribution in [2.45, 2.75) is 39.3 Å². The molecule has 1 amide bonds. The van der Waals surface area contributed by atoms with Gasteiger partial charge in [-0.3, -0.25) is 4.79 Å². The molecule has 1 aromatic rings. The van der Waals surface area contributed by atoms with Crippen LogP contribution < -0.4 is 5.73 Å². The van der Waals surface area contributed by atoms with Crippen LogP contribution in [0.15, 0.2) is 12.3 Å². The summed E-state index contributed by atoms with van der Waals surface area (Å²) < 4.78 is 1.86. The van der Waals surface area contributed by atoms with Crippen LogP contribution in [-0.4, -0.2) is 39.7 Å². The molecule has 0 saturated carbocycles. The van der Waals surface area contributed by atoms with Gasteiger partial charge in [0.25, 0.3) is 5.91 Å². The number of carbonyl (C=O) groups is 1. The Morgan fingerprint density at radius 2 is 2.17 bits per heavy atom. The Hall–Kier alpha value is -1.49. The number of aliphatic hydroxyl groups is 1. The zero-order chi connectivity index (χ0) is 13.9. The molecule has 0 aliphatic carbocycles. The lowest BCUT2D eigenvalue weighted by Crippen LogP contribution is -2.40. The van der Waals surface area contributed by atoms with Crippen LogP contribution in [0.25, 0.3) is 0 Å². The van der Waals surface area contributed by atoms with E-state index in [1.165, 1.54) is 4.90 Å². The second-order valence-electron chi connectivity index (χ2n) is 5.33. The number of amides is 1. The first kappa shape index (κ1) is 14.6. The van der Waals surface area contributed by atoms with Crippen LogP contribution in [-0.2, 0) is 6.54 Å². The van der Waals surface area contributed by atoms with Gasteiger partial charge in [0.1, 0.15) is 5.69 Å². The molecule has 0 aliphatic heterocycles. The van der Waals surface area contributed by atoms with E-state index in [4.69, 9.17) is 5.73 Å². The highest BCUT2D eigenvalue weighted by atomic mass is 16.3. The van der Waals surface area contributed by atoms with Crippen LogP contribution in [0.2, 0.25) is 0 Å². The number of rotatable bonds is 5. The number of nitrogens with two attached hydrogens (primary N) is 1. The average molecular weight is 253 g/mol. The standard InChI is InChI=1S/C13H23N3O2/c1-5-6-16-8-10(14)7-11(16)12(17)15(4)9-13(2,3)18/h7-8,18H,5-6,9,14H2,1-4H3. The van der Waals surface area contributed by atoms with Crippen molar-refractivity contribution in [1.29, 1.82) is 0 Å². The summed E-state index contributed by atoms with van der Waals surface area (Å²) in [7, 11) is 1.68. The average Bonchev–Trinajstić information content (AvgIpc) is 2.56. The molecule has 0 bridgehead atoms. The Balaban J connectivity index is 2.89. The van der Waals surface area contributed by atoms with Crippen LogP contribution in [0.1, 0.15) is 37.7 Å². The first-order chi connectivity index (χ1) is 8.24. The van der Waals surface area contributed by atoms with E-state index in [0.29, 0.717) is 11.4 Å². The minimum Gasteiger partial charge on any atom is -0.397 e. The van der Waals surface area contributed by atoms with Crippen LogP contribution in [0, 0.1) is 0 Å². The number of hydrogen-bond acceptors (Lipinski definition) is 3. The summed E-state index contributed by atoms with van der Waals surface area (Å²) >= 11 is 0. The summed E-state index contributed by atoms with van der Waals surface area (Å²) in [5.74, 6) is -0.123. The second kappa shape index (κ2) is 5.44. The van der Waals surface area contributed by atoms with E-state index >= 15 is 0 Å². The summed E-state index contributed by atoms with van der Waals surface area (Å²) in [5, 5.41) is 9.74. The largest absolute Gasteiger partial charge is 0.397 e. The van der Waals surface area contributed by atoms with E-state index in [0.717, 1.165) is 13.0 Å². The molecular formula is C13H23N3O2. The van der Waals surface area contributed by atoms with E-state index in [1.54, 1.807) is 33.2 Å². The van der Waals surface area contributed by atoms with Gasteiger partial charge in [0.15, 0.2) is 0 Å². The maximum atomic E-state index is 12.3. The third kappa shape index (κ3) is 3.77. The molecule has 5 nitrogen and oxygen atoms in total. The van der Waals surface area contributed by atoms with Crippen molar-refractivity contribution in [1.82, 2.24) is 9.47 Å². The lowest BCUT2D eigenvalue weighted by molar-refractivity contribution is 0.0362. The topological polar surface area (TPSA) is 71.5 Å². The van der Waals surface area contributed by atoms with Crippen LogP contribution in [0.5, 0.6) is 0 Å². The predicted octanol–water partition coefficient (Wildman–Crippen LogP) is 1.32. The Kier molecular flexibility index (Phi) is 4.40. The smallest absolute Gasteiger partial charge is 0.270 e. The van der Waals surface area contributed by atoms with Gasteiger partial charge in [0, 0.05) is 26.3 Å². The first-order valence-corrected chi connectivity index (χ1v) is 6.18. The Labute approximate surface area is 108 Å². The Bertz CT molecular complexity index is 418. The van der Waals surface area contributed by atoms with Gasteiger partial charge >= 0.3 is 0 Å². The zero-order valence-corrected chi connectivity index (χ0v) is 11.6. The number of aryl methyl sites for hydroxylation is 1. The van der Waals surface area contributed by atoms with Gasteiger partial charge in [-0.2, -0.15) is 0 Å². The molecule has 0 radical (unpaired) electrons. The van der Waals surface area contributed by atoms with Crippen molar-refractivity contribution in [2.24, 2.45) is 0 Å². The molecule has 0 spiro atoms. The minimum atomic E-state index is -0.905. The molecule has 102 valence electrons. The molecule has 5 heteroatoms. The maximum absolute atomic E-state index is 12.3. The molecule has 1 rings (SSSR count). The molecule has 1 aromatic heterocycles. The predicted molar refractivity (Wildman–Crippen MR) is 72.4 cm³/mol. The number of aromatic nitrogens is 1. The fourth-order valence-electron chi connectivity index (χ4n) is 1.99. The van der Waals surface area contributed by atoms with Crippen molar-refractivity contribution < 1.29 is 9.90 Å². The molecule has 0 fully saturated rings. The number of nitrogens with zero attached hydrogens (tertiary/aromatic N) is 2. The van der Waals surface area contributed by atoms with Crippen molar-refractivity contribution in [2.75, 3.05) is 19.3 Å². The zero-order valence-electron chi connectivity index (χ0n) is 11.6. The van der Waals surface area contributed by atoms with Gasteiger partial charge in [0.2, 0.25) is 0 Å². The van der Waals surface area contributed by atoms with Crippen LogP contribution in [0.3, 0.4) is 0 Å². The molecule has 0 saturated heterocycles. The quantitative estimate of drug-likeness (QED) is 0.831. The minimum absolute atomic E-state index is 0.123. The van der Waals surface area contributed by atoms with E-state index in [-0.39, 0.29) is 12.5 Å². The van der Waals surface area contributed by atoms with E-state index in [1.807, 2.05) is 11.5 Å². The lowest BCUT2D eigenvalue weighted by Gasteiger charge is -2.25. The van der Waals surface area contributed by atoms with Gasteiger partial charge in [-0.05, 0) is 26.3 Å². The number of nitrogen functional groups attached to an aromatic ring is 1. The Morgan fingerprint density at radius 3 is 2.67 bits per heavy atom. The fraction of sp³-hybridized carbons (Fsp3) is 0.615. The van der Waals surface area contributed by atoms with E-state index in [2.05, 4.69) is 0 Å². The van der Waals surface area contributed by atoms with Crippen LogP contribution in [0.4, 0.5) is 5.69 Å². The summed E-state index contributed by atoms with van der Waals surface area (Å²) in [6.45, 7) is 6.44. The third-order valence-electron chi connectivity index (χ3n) is 2.57. The Morgan fingerprint density at radius 1 is 1.56 bits per heavy atom. The second-order valence-corrected chi connectivity index (χ2v) is 5.33. The van der Waals surface area contributed by atoms with Gasteiger partial charge < -0.3 is 20.3 Å². The summed E-state index contributed by atoms with van der Waals surface area (Å²) in [5.41, 5.74) is 5.99. The summed E-state index contributed by atoms with van der Waals surface area (Å²) in [6, 6.07) is 1.68. The third-order valence-corrected chi connectivity index (χ3v) is 2.57.